The number of methoxy groups -OCH3 is 1. The highest BCUT2D eigenvalue weighted by atomic mass is 16.6. The molecule has 4 fully saturated rings. The maximum atomic E-state index is 13.0. The van der Waals surface area contributed by atoms with Gasteiger partial charge in [-0.05, 0) is 40.0 Å². The second kappa shape index (κ2) is 9.07. The molecule has 33 heavy (non-hydrogen) atoms. The molecule has 9 nitrogen and oxygen atoms in total. The van der Waals surface area contributed by atoms with Crippen LogP contribution < -0.4 is 0 Å². The predicted octanol–water partition coefficient (Wildman–Crippen LogP) is 2.97. The van der Waals surface area contributed by atoms with Crippen molar-refractivity contribution >= 4 is 12.2 Å². The van der Waals surface area contributed by atoms with Crippen LogP contribution in [0.25, 0.3) is 0 Å². The standard InChI is InChI=1S/C24H38N2O7/c1-15(2)7-8-18-23(3,33-18)20-19(29-6)17(9-11-24(20)14-30-24)32-22(28)26-12-10-16(13-26)31-21(27)25(4)5/h7,16-20H,8-14H2,1-6H3/t16-,17-,18-,19-,20-,23+,24+/m1/s1. The smallest absolute Gasteiger partial charge is 0.410 e. The van der Waals surface area contributed by atoms with Crippen LogP contribution in [0, 0.1) is 5.92 Å². The van der Waals surface area contributed by atoms with Crippen LogP contribution in [-0.2, 0) is 23.7 Å². The van der Waals surface area contributed by atoms with E-state index in [1.54, 1.807) is 26.1 Å². The molecule has 3 saturated heterocycles. The first-order chi connectivity index (χ1) is 15.6. The van der Waals surface area contributed by atoms with Gasteiger partial charge < -0.3 is 33.5 Å². The number of carbonyl (C=O) groups excluding carboxylic acids is 2. The van der Waals surface area contributed by atoms with E-state index in [2.05, 4.69) is 26.8 Å². The van der Waals surface area contributed by atoms with E-state index in [9.17, 15) is 9.59 Å². The summed E-state index contributed by atoms with van der Waals surface area (Å²) >= 11 is 0. The Kier molecular flexibility index (Phi) is 6.68. The van der Waals surface area contributed by atoms with Crippen molar-refractivity contribution in [2.24, 2.45) is 5.92 Å². The van der Waals surface area contributed by atoms with Crippen molar-refractivity contribution in [2.45, 2.75) is 82.1 Å². The highest BCUT2D eigenvalue weighted by Gasteiger charge is 2.72. The second-order valence-corrected chi connectivity index (χ2v) is 10.4. The molecule has 1 saturated carbocycles. The number of carbonyl (C=O) groups is 2. The molecule has 0 aromatic rings. The molecular weight excluding hydrogens is 428 g/mol. The highest BCUT2D eigenvalue weighted by molar-refractivity contribution is 5.69. The van der Waals surface area contributed by atoms with E-state index in [0.717, 1.165) is 12.8 Å². The molecule has 0 radical (unpaired) electrons. The number of likely N-dealkylation sites (tertiary alicyclic amines) is 1. The van der Waals surface area contributed by atoms with Crippen molar-refractivity contribution in [3.63, 3.8) is 0 Å². The average molecular weight is 467 g/mol. The monoisotopic (exact) mass is 466 g/mol. The number of ether oxygens (including phenoxy) is 5. The first-order valence-electron chi connectivity index (χ1n) is 11.9. The Hall–Kier alpha value is -1.84. The summed E-state index contributed by atoms with van der Waals surface area (Å²) in [7, 11) is 4.94. The lowest BCUT2D eigenvalue weighted by Gasteiger charge is -2.43. The predicted molar refractivity (Wildman–Crippen MR) is 120 cm³/mol. The zero-order valence-corrected chi connectivity index (χ0v) is 20.7. The van der Waals surface area contributed by atoms with E-state index < -0.39 is 6.09 Å². The Labute approximate surface area is 196 Å². The van der Waals surface area contributed by atoms with Crippen molar-refractivity contribution in [2.75, 3.05) is 40.9 Å². The average Bonchev–Trinajstić information content (AvgIpc) is 3.62. The SMILES string of the molecule is CO[C@@H]1[C@H](OC(=O)N2CC[C@@H](OC(=O)N(C)C)C2)CC[C@]2(CO2)[C@H]1[C@@]1(C)O[C@@H]1CC=C(C)C. The van der Waals surface area contributed by atoms with E-state index in [1.165, 1.54) is 10.5 Å². The van der Waals surface area contributed by atoms with Crippen LogP contribution >= 0.6 is 0 Å². The molecule has 0 aromatic carbocycles. The van der Waals surface area contributed by atoms with Crippen LogP contribution in [0.1, 0.15) is 46.5 Å². The number of nitrogens with zero attached hydrogens (tertiary/aromatic N) is 2. The van der Waals surface area contributed by atoms with Gasteiger partial charge in [0.25, 0.3) is 0 Å². The second-order valence-electron chi connectivity index (χ2n) is 10.4. The van der Waals surface area contributed by atoms with Crippen LogP contribution in [-0.4, -0.2) is 98.5 Å². The summed E-state index contributed by atoms with van der Waals surface area (Å²) in [5.41, 5.74) is 0.647. The fourth-order valence-electron chi connectivity index (χ4n) is 5.51. The van der Waals surface area contributed by atoms with Gasteiger partial charge in [-0.2, -0.15) is 0 Å². The third-order valence-corrected chi connectivity index (χ3v) is 7.53. The molecule has 0 N–H and O–H groups in total. The topological polar surface area (TPSA) is 93.4 Å². The summed E-state index contributed by atoms with van der Waals surface area (Å²) in [5.74, 6) is -0.00974. The number of hydrogen-bond donors (Lipinski definition) is 0. The summed E-state index contributed by atoms with van der Waals surface area (Å²) in [4.78, 5) is 27.8. The van der Waals surface area contributed by atoms with Gasteiger partial charge in [0, 0.05) is 34.2 Å². The lowest BCUT2D eigenvalue weighted by molar-refractivity contribution is -0.121. The first-order valence-corrected chi connectivity index (χ1v) is 11.9. The van der Waals surface area contributed by atoms with Gasteiger partial charge >= 0.3 is 12.2 Å². The van der Waals surface area contributed by atoms with E-state index in [0.29, 0.717) is 32.5 Å². The fourth-order valence-corrected chi connectivity index (χ4v) is 5.51. The number of hydrogen-bond acceptors (Lipinski definition) is 7. The summed E-state index contributed by atoms with van der Waals surface area (Å²) in [6, 6.07) is 0. The highest BCUT2D eigenvalue weighted by Crippen LogP contribution is 2.59. The Morgan fingerprint density at radius 3 is 2.55 bits per heavy atom. The van der Waals surface area contributed by atoms with Crippen LogP contribution in [0.3, 0.4) is 0 Å². The largest absolute Gasteiger partial charge is 0.444 e. The van der Waals surface area contributed by atoms with Gasteiger partial charge in [0.1, 0.15) is 29.5 Å². The zero-order chi connectivity index (χ0) is 24.0. The molecule has 1 spiro atoms. The van der Waals surface area contributed by atoms with Crippen molar-refractivity contribution < 1.29 is 33.3 Å². The Morgan fingerprint density at radius 2 is 1.94 bits per heavy atom. The fraction of sp³-hybridized carbons (Fsp3) is 0.833. The van der Waals surface area contributed by atoms with Crippen LogP contribution in [0.15, 0.2) is 11.6 Å². The van der Waals surface area contributed by atoms with Crippen molar-refractivity contribution in [3.05, 3.63) is 11.6 Å². The maximum absolute atomic E-state index is 13.0. The molecule has 2 amide bonds. The number of epoxide rings is 2. The van der Waals surface area contributed by atoms with Gasteiger partial charge in [-0.25, -0.2) is 9.59 Å². The molecule has 3 heterocycles. The van der Waals surface area contributed by atoms with E-state index in [-0.39, 0.29) is 47.6 Å². The van der Waals surface area contributed by atoms with Crippen molar-refractivity contribution in [1.82, 2.24) is 9.80 Å². The number of amides is 2. The maximum Gasteiger partial charge on any atom is 0.410 e. The molecule has 186 valence electrons. The Morgan fingerprint density at radius 1 is 1.21 bits per heavy atom. The molecule has 4 rings (SSSR count). The quantitative estimate of drug-likeness (QED) is 0.439. The Balaban J connectivity index is 1.39. The van der Waals surface area contributed by atoms with Crippen LogP contribution in [0.4, 0.5) is 9.59 Å². The third kappa shape index (κ3) is 4.86. The minimum atomic E-state index is -0.403. The van der Waals surface area contributed by atoms with Gasteiger partial charge in [-0.15, -0.1) is 0 Å². The van der Waals surface area contributed by atoms with E-state index >= 15 is 0 Å². The lowest BCUT2D eigenvalue weighted by atomic mass is 9.68. The molecule has 0 aromatic heterocycles. The van der Waals surface area contributed by atoms with Crippen molar-refractivity contribution in [3.8, 4) is 0 Å². The molecule has 0 bridgehead atoms. The Bertz CT molecular complexity index is 792. The van der Waals surface area contributed by atoms with Crippen LogP contribution in [0.5, 0.6) is 0 Å². The van der Waals surface area contributed by atoms with E-state index in [4.69, 9.17) is 23.7 Å². The third-order valence-electron chi connectivity index (χ3n) is 7.53. The number of rotatable bonds is 6. The van der Waals surface area contributed by atoms with Gasteiger partial charge in [0.15, 0.2) is 0 Å². The van der Waals surface area contributed by atoms with Gasteiger partial charge in [-0.1, -0.05) is 11.6 Å². The molecule has 1 aliphatic carbocycles. The summed E-state index contributed by atoms with van der Waals surface area (Å²) in [6.07, 6.45) is 3.46. The van der Waals surface area contributed by atoms with Gasteiger partial charge in [-0.3, -0.25) is 0 Å². The molecular formula is C24H38N2O7. The molecule has 4 aliphatic rings. The van der Waals surface area contributed by atoms with E-state index in [1.807, 2.05) is 0 Å². The van der Waals surface area contributed by atoms with Crippen molar-refractivity contribution in [1.29, 1.82) is 0 Å². The molecule has 7 atom stereocenters. The lowest BCUT2D eigenvalue weighted by Crippen LogP contribution is -2.56. The summed E-state index contributed by atoms with van der Waals surface area (Å²) < 4.78 is 29.5. The van der Waals surface area contributed by atoms with Gasteiger partial charge in [0.2, 0.25) is 0 Å². The minimum absolute atomic E-state index is 0.00974. The summed E-state index contributed by atoms with van der Waals surface area (Å²) in [6.45, 7) is 7.83. The molecule has 3 aliphatic heterocycles. The minimum Gasteiger partial charge on any atom is -0.444 e. The molecule has 0 unspecified atom stereocenters. The number of allylic oxidation sites excluding steroid dienone is 1. The van der Waals surface area contributed by atoms with Gasteiger partial charge in [0.05, 0.1) is 25.2 Å². The zero-order valence-electron chi connectivity index (χ0n) is 20.7. The normalized spacial score (nSPS) is 39.2. The summed E-state index contributed by atoms with van der Waals surface area (Å²) in [5, 5.41) is 0. The van der Waals surface area contributed by atoms with Crippen LogP contribution in [0.2, 0.25) is 0 Å². The molecule has 9 heteroatoms. The first kappa shape index (κ1) is 24.3.